The molecule has 6 nitrogen and oxygen atoms in total. The van der Waals surface area contributed by atoms with Crippen LogP contribution in [0.1, 0.15) is 39.9 Å². The Hall–Kier alpha value is -4.00. The summed E-state index contributed by atoms with van der Waals surface area (Å²) in [6, 6.07) is 24.5. The predicted octanol–water partition coefficient (Wildman–Crippen LogP) is 5.82. The second-order valence-corrected chi connectivity index (χ2v) is 11.9. The Morgan fingerprint density at radius 1 is 0.900 bits per heavy atom. The van der Waals surface area contributed by atoms with Gasteiger partial charge in [-0.3, -0.25) is 19.3 Å². The third-order valence-electron chi connectivity index (χ3n) is 9.68. The highest BCUT2D eigenvalue weighted by molar-refractivity contribution is 6.31. The molecule has 0 unspecified atom stereocenters. The van der Waals surface area contributed by atoms with Gasteiger partial charge >= 0.3 is 0 Å². The van der Waals surface area contributed by atoms with Crippen LogP contribution in [-0.4, -0.2) is 35.1 Å². The Bertz CT molecular complexity index is 1820. The zero-order valence-electron chi connectivity index (χ0n) is 21.8. The van der Waals surface area contributed by atoms with Crippen LogP contribution in [0.2, 0.25) is 5.02 Å². The van der Waals surface area contributed by atoms with E-state index in [1.54, 1.807) is 0 Å². The number of benzene rings is 4. The van der Waals surface area contributed by atoms with Crippen molar-refractivity contribution in [1.29, 1.82) is 0 Å². The van der Waals surface area contributed by atoms with E-state index in [0.717, 1.165) is 22.8 Å². The molecule has 4 aliphatic heterocycles. The van der Waals surface area contributed by atoms with Crippen LogP contribution in [0.4, 0.5) is 11.4 Å². The molecule has 2 spiro atoms. The van der Waals surface area contributed by atoms with Crippen molar-refractivity contribution in [3.63, 3.8) is 0 Å². The molecule has 0 aliphatic carbocycles. The number of halogens is 1. The number of carbonyl (C=O) groups is 3. The van der Waals surface area contributed by atoms with Crippen molar-refractivity contribution < 1.29 is 14.4 Å². The molecule has 4 aliphatic rings. The monoisotopic (exact) mass is 547 g/mol. The predicted molar refractivity (Wildman–Crippen MR) is 155 cm³/mol. The lowest BCUT2D eigenvalue weighted by Gasteiger charge is -2.43. The molecular weight excluding hydrogens is 522 g/mol. The number of hydrogen-bond acceptors (Lipinski definition) is 4. The Balaban J connectivity index is 1.46. The second kappa shape index (κ2) is 8.03. The van der Waals surface area contributed by atoms with Gasteiger partial charge in [-0.25, -0.2) is 0 Å². The third kappa shape index (κ3) is 2.66. The molecule has 2 fully saturated rings. The number of para-hydroxylation sites is 1. The van der Waals surface area contributed by atoms with Gasteiger partial charge in [-0.1, -0.05) is 66.2 Å². The molecule has 0 radical (unpaired) electrons. The van der Waals surface area contributed by atoms with Crippen molar-refractivity contribution in [2.45, 2.75) is 36.8 Å². The van der Waals surface area contributed by atoms with Crippen LogP contribution < -0.4 is 10.6 Å². The van der Waals surface area contributed by atoms with Crippen LogP contribution in [0.3, 0.4) is 0 Å². The second-order valence-electron chi connectivity index (χ2n) is 11.4. The molecule has 4 heterocycles. The summed E-state index contributed by atoms with van der Waals surface area (Å²) in [7, 11) is 0. The van der Waals surface area contributed by atoms with E-state index >= 15 is 0 Å². The van der Waals surface area contributed by atoms with Gasteiger partial charge in [0.05, 0.1) is 5.92 Å². The number of nitrogens with one attached hydrogen (secondary N) is 2. The molecule has 2 N–H and O–H groups in total. The fourth-order valence-corrected chi connectivity index (χ4v) is 8.61. The SMILES string of the molecule is Cc1cc(Cl)cc2c1NC(=O)[C@]21N2CCC[C@@H]2[C@@H](C(=O)c2ccc3ccccc3c2)[C@]12C(=O)Nc1ccccc12. The highest BCUT2D eigenvalue weighted by atomic mass is 35.5. The minimum atomic E-state index is -1.48. The Labute approximate surface area is 236 Å². The fourth-order valence-electron chi connectivity index (χ4n) is 8.33. The number of anilines is 2. The minimum absolute atomic E-state index is 0.119. The summed E-state index contributed by atoms with van der Waals surface area (Å²) in [4.78, 5) is 46.2. The fraction of sp³-hybridized carbons (Fsp3) is 0.242. The van der Waals surface area contributed by atoms with Crippen molar-refractivity contribution in [3.05, 3.63) is 106 Å². The van der Waals surface area contributed by atoms with Crippen molar-refractivity contribution in [3.8, 4) is 0 Å². The van der Waals surface area contributed by atoms with Crippen molar-refractivity contribution in [1.82, 2.24) is 4.90 Å². The van der Waals surface area contributed by atoms with Gasteiger partial charge in [0.2, 0.25) is 5.91 Å². The van der Waals surface area contributed by atoms with E-state index in [1.807, 2.05) is 85.8 Å². The molecule has 4 aromatic carbocycles. The van der Waals surface area contributed by atoms with Crippen LogP contribution >= 0.6 is 11.6 Å². The number of nitrogens with zero attached hydrogens (tertiary/aromatic N) is 1. The van der Waals surface area contributed by atoms with Crippen LogP contribution in [0.15, 0.2) is 78.9 Å². The number of aryl methyl sites for hydroxylation is 1. The van der Waals surface area contributed by atoms with E-state index in [-0.39, 0.29) is 23.6 Å². The summed E-state index contributed by atoms with van der Waals surface area (Å²) in [5.41, 5.74) is 1.15. The lowest BCUT2D eigenvalue weighted by atomic mass is 9.57. The number of hydrogen-bond donors (Lipinski definition) is 2. The highest BCUT2D eigenvalue weighted by Crippen LogP contribution is 2.68. The number of rotatable bonds is 2. The first-order valence-corrected chi connectivity index (χ1v) is 14.1. The Morgan fingerprint density at radius 2 is 1.68 bits per heavy atom. The molecule has 7 heteroatoms. The van der Waals surface area contributed by atoms with E-state index in [2.05, 4.69) is 15.5 Å². The van der Waals surface area contributed by atoms with Gasteiger partial charge in [0.15, 0.2) is 5.78 Å². The van der Waals surface area contributed by atoms with Crippen LogP contribution in [0.5, 0.6) is 0 Å². The lowest BCUT2D eigenvalue weighted by molar-refractivity contribution is -0.137. The molecule has 40 heavy (non-hydrogen) atoms. The number of carbonyl (C=O) groups excluding carboxylic acids is 3. The third-order valence-corrected chi connectivity index (χ3v) is 9.90. The molecule has 198 valence electrons. The zero-order chi connectivity index (χ0) is 27.4. The molecule has 0 bridgehead atoms. The average molecular weight is 548 g/mol. The van der Waals surface area contributed by atoms with E-state index in [0.29, 0.717) is 46.1 Å². The first kappa shape index (κ1) is 23.9. The standard InChI is InChI=1S/C33H26ClN3O3/c1-18-15-22(34)17-24-28(18)36-31(40)33(24)32(23-9-4-5-10-25(23)35-30(32)39)27(26-11-6-14-37(26)33)29(38)21-13-12-19-7-2-3-8-20(19)16-21/h2-5,7-10,12-13,15-17,26-27H,6,11,14H2,1H3,(H,35,39)(H,36,40)/t26-,27+,32-,33-/m1/s1. The van der Waals surface area contributed by atoms with Crippen molar-refractivity contribution >= 4 is 51.3 Å². The molecular formula is C33H26ClN3O3. The maximum absolute atomic E-state index is 14.9. The van der Waals surface area contributed by atoms with Gasteiger partial charge in [-0.2, -0.15) is 0 Å². The van der Waals surface area contributed by atoms with Gasteiger partial charge < -0.3 is 10.6 Å². The lowest BCUT2D eigenvalue weighted by Crippen LogP contribution is -2.62. The van der Waals surface area contributed by atoms with Gasteiger partial charge in [0.1, 0.15) is 11.0 Å². The van der Waals surface area contributed by atoms with Gasteiger partial charge in [-0.05, 0) is 72.5 Å². The van der Waals surface area contributed by atoms with E-state index < -0.39 is 16.9 Å². The number of ketones is 1. The first-order chi connectivity index (χ1) is 19.4. The maximum atomic E-state index is 14.9. The van der Waals surface area contributed by atoms with E-state index in [1.165, 1.54) is 0 Å². The molecule has 2 saturated heterocycles. The average Bonchev–Trinajstić information content (AvgIpc) is 3.67. The summed E-state index contributed by atoms with van der Waals surface area (Å²) < 4.78 is 0. The summed E-state index contributed by atoms with van der Waals surface area (Å²) >= 11 is 6.64. The molecule has 0 saturated carbocycles. The quantitative estimate of drug-likeness (QED) is 0.310. The van der Waals surface area contributed by atoms with E-state index in [9.17, 15) is 14.4 Å². The minimum Gasteiger partial charge on any atom is -0.325 e. The summed E-state index contributed by atoms with van der Waals surface area (Å²) in [5, 5.41) is 8.71. The van der Waals surface area contributed by atoms with Gasteiger partial charge in [0, 0.05) is 33.6 Å². The molecule has 2 amide bonds. The number of Topliss-reactive ketones (excluding diaryl/α,β-unsaturated/α-hetero) is 1. The zero-order valence-corrected chi connectivity index (χ0v) is 22.6. The van der Waals surface area contributed by atoms with Crippen LogP contribution in [0, 0.1) is 12.8 Å². The largest absolute Gasteiger partial charge is 0.325 e. The number of amides is 2. The Morgan fingerprint density at radius 3 is 2.52 bits per heavy atom. The molecule has 4 aromatic rings. The van der Waals surface area contributed by atoms with Crippen LogP contribution in [-0.2, 0) is 20.5 Å². The molecule has 4 atom stereocenters. The van der Waals surface area contributed by atoms with Crippen LogP contribution in [0.25, 0.3) is 10.8 Å². The highest BCUT2D eigenvalue weighted by Gasteiger charge is 2.81. The first-order valence-electron chi connectivity index (χ1n) is 13.7. The Kier molecular flexibility index (Phi) is 4.79. The topological polar surface area (TPSA) is 78.5 Å². The molecule has 0 aromatic heterocycles. The summed E-state index contributed by atoms with van der Waals surface area (Å²) in [6.45, 7) is 2.51. The molecule has 8 rings (SSSR count). The van der Waals surface area contributed by atoms with E-state index in [4.69, 9.17) is 11.6 Å². The normalized spacial score (nSPS) is 28.1. The number of fused-ring (bicyclic) bond motifs is 8. The summed E-state index contributed by atoms with van der Waals surface area (Å²) in [5.74, 6) is -1.49. The maximum Gasteiger partial charge on any atom is 0.251 e. The summed E-state index contributed by atoms with van der Waals surface area (Å²) in [6.07, 6.45) is 1.54. The smallest absolute Gasteiger partial charge is 0.251 e. The van der Waals surface area contributed by atoms with Crippen molar-refractivity contribution in [2.24, 2.45) is 5.92 Å². The van der Waals surface area contributed by atoms with Gasteiger partial charge in [-0.15, -0.1) is 0 Å². The van der Waals surface area contributed by atoms with Crippen molar-refractivity contribution in [2.75, 3.05) is 17.2 Å². The van der Waals surface area contributed by atoms with Gasteiger partial charge in [0.25, 0.3) is 5.91 Å².